The van der Waals surface area contributed by atoms with Gasteiger partial charge in [-0.2, -0.15) is 0 Å². The van der Waals surface area contributed by atoms with E-state index in [0.29, 0.717) is 12.1 Å². The van der Waals surface area contributed by atoms with E-state index in [4.69, 9.17) is 0 Å². The molecule has 35 heavy (non-hydrogen) atoms. The van der Waals surface area contributed by atoms with Gasteiger partial charge in [0.2, 0.25) is 0 Å². The standard InChI is InChI=1S/C24H27FN4O5S/c1-3-17-8-15(11-29(17)35(33,34)18-6-4-14(2)5-7-18)22(31)19-10-26-13-27-24(19)28-20-9-16(12-30)23(32)21(20)25/h4-8,10-11,13,16,20-21,23,30,32H,3,9,12H2,1-2H3,(H,26,27,28)/t16-,20-,21-,23-/m1/s1. The van der Waals surface area contributed by atoms with E-state index < -0.39 is 40.0 Å². The molecule has 4 rings (SSSR count). The van der Waals surface area contributed by atoms with Crippen LogP contribution in [0.2, 0.25) is 0 Å². The van der Waals surface area contributed by atoms with Crippen LogP contribution in [0.25, 0.3) is 0 Å². The summed E-state index contributed by atoms with van der Waals surface area (Å²) in [6.07, 6.45) is 1.28. The lowest BCUT2D eigenvalue weighted by Crippen LogP contribution is -2.32. The number of aliphatic hydroxyl groups is 2. The highest BCUT2D eigenvalue weighted by atomic mass is 32.2. The van der Waals surface area contributed by atoms with Crippen LogP contribution in [0, 0.1) is 12.8 Å². The van der Waals surface area contributed by atoms with Crippen molar-refractivity contribution in [3.05, 3.63) is 71.4 Å². The molecular formula is C24H27FN4O5S. The van der Waals surface area contributed by atoms with E-state index in [1.807, 2.05) is 6.92 Å². The normalized spacial score (nSPS) is 22.3. The maximum Gasteiger partial charge on any atom is 0.267 e. The fourth-order valence-corrected chi connectivity index (χ4v) is 5.73. The van der Waals surface area contributed by atoms with Crippen molar-refractivity contribution in [2.24, 2.45) is 5.92 Å². The third-order valence-corrected chi connectivity index (χ3v) is 8.05. The van der Waals surface area contributed by atoms with Gasteiger partial charge in [-0.1, -0.05) is 24.6 Å². The van der Waals surface area contributed by atoms with Gasteiger partial charge < -0.3 is 15.5 Å². The Morgan fingerprint density at radius 3 is 2.63 bits per heavy atom. The van der Waals surface area contributed by atoms with Gasteiger partial charge >= 0.3 is 0 Å². The number of hydrogen-bond acceptors (Lipinski definition) is 8. The monoisotopic (exact) mass is 502 g/mol. The van der Waals surface area contributed by atoms with Crippen LogP contribution < -0.4 is 5.32 Å². The summed E-state index contributed by atoms with van der Waals surface area (Å²) >= 11 is 0. The Labute approximate surface area is 202 Å². The van der Waals surface area contributed by atoms with E-state index in [9.17, 15) is 27.8 Å². The number of halogens is 1. The molecule has 2 aromatic heterocycles. The lowest BCUT2D eigenvalue weighted by molar-refractivity contribution is 0.0444. The Balaban J connectivity index is 1.66. The quantitative estimate of drug-likeness (QED) is 0.399. The number of carbonyl (C=O) groups excluding carboxylic acids is 1. The average molecular weight is 503 g/mol. The minimum Gasteiger partial charge on any atom is -0.396 e. The predicted octanol–water partition coefficient (Wildman–Crippen LogP) is 2.11. The van der Waals surface area contributed by atoms with Crippen molar-refractivity contribution in [3.8, 4) is 0 Å². The number of benzene rings is 1. The van der Waals surface area contributed by atoms with Crippen LogP contribution in [0.4, 0.5) is 10.2 Å². The number of hydrogen-bond donors (Lipinski definition) is 3. The molecule has 1 saturated carbocycles. The molecule has 4 atom stereocenters. The summed E-state index contributed by atoms with van der Waals surface area (Å²) in [6.45, 7) is 3.28. The molecule has 0 unspecified atom stereocenters. The molecule has 186 valence electrons. The van der Waals surface area contributed by atoms with Gasteiger partial charge in [-0.3, -0.25) is 4.79 Å². The van der Waals surface area contributed by atoms with Crippen molar-refractivity contribution in [3.63, 3.8) is 0 Å². The van der Waals surface area contributed by atoms with E-state index in [-0.39, 0.29) is 34.9 Å². The smallest absolute Gasteiger partial charge is 0.267 e. The number of aliphatic hydroxyl groups excluding tert-OH is 2. The van der Waals surface area contributed by atoms with Crippen molar-refractivity contribution >= 4 is 21.6 Å². The van der Waals surface area contributed by atoms with E-state index in [1.165, 1.54) is 36.9 Å². The summed E-state index contributed by atoms with van der Waals surface area (Å²) in [5, 5.41) is 22.2. The first-order chi connectivity index (χ1) is 16.7. The topological polar surface area (TPSA) is 134 Å². The molecular weight excluding hydrogens is 475 g/mol. The Morgan fingerprint density at radius 2 is 2.00 bits per heavy atom. The van der Waals surface area contributed by atoms with Crippen LogP contribution >= 0.6 is 0 Å². The first-order valence-corrected chi connectivity index (χ1v) is 12.7. The van der Waals surface area contributed by atoms with Crippen LogP contribution in [-0.4, -0.2) is 63.3 Å². The number of ketones is 1. The number of alkyl halides is 1. The number of aryl methyl sites for hydroxylation is 2. The van der Waals surface area contributed by atoms with Crippen LogP contribution in [0.1, 0.15) is 40.5 Å². The summed E-state index contributed by atoms with van der Waals surface area (Å²) in [7, 11) is -3.93. The average Bonchev–Trinajstić information content (AvgIpc) is 3.41. The molecule has 0 radical (unpaired) electrons. The second-order valence-corrected chi connectivity index (χ2v) is 10.5. The third kappa shape index (κ3) is 4.71. The Bertz CT molecular complexity index is 1330. The van der Waals surface area contributed by atoms with Crippen molar-refractivity contribution in [2.75, 3.05) is 11.9 Å². The van der Waals surface area contributed by atoms with Crippen LogP contribution in [0.15, 0.2) is 53.9 Å². The van der Waals surface area contributed by atoms with Gasteiger partial charge in [0.1, 0.15) is 18.3 Å². The number of rotatable bonds is 8. The number of aromatic nitrogens is 3. The number of nitrogens with zero attached hydrogens (tertiary/aromatic N) is 3. The molecule has 0 amide bonds. The zero-order valence-electron chi connectivity index (χ0n) is 19.3. The van der Waals surface area contributed by atoms with Crippen molar-refractivity contribution in [1.82, 2.24) is 13.9 Å². The molecule has 1 aromatic carbocycles. The maximum absolute atomic E-state index is 14.6. The second kappa shape index (κ2) is 9.84. The molecule has 3 N–H and O–H groups in total. The molecule has 11 heteroatoms. The Kier molecular flexibility index (Phi) is 7.02. The fourth-order valence-electron chi connectivity index (χ4n) is 4.28. The van der Waals surface area contributed by atoms with E-state index in [2.05, 4.69) is 15.3 Å². The lowest BCUT2D eigenvalue weighted by Gasteiger charge is -2.18. The summed E-state index contributed by atoms with van der Waals surface area (Å²) in [5.41, 5.74) is 1.50. The minimum atomic E-state index is -3.93. The summed E-state index contributed by atoms with van der Waals surface area (Å²) in [5.74, 6) is -1.10. The summed E-state index contributed by atoms with van der Waals surface area (Å²) in [6, 6.07) is 7.08. The Hall–Kier alpha value is -3.15. The second-order valence-electron chi connectivity index (χ2n) is 8.67. The molecule has 2 heterocycles. The molecule has 0 spiro atoms. The SMILES string of the molecule is CCc1cc(C(=O)c2cncnc2N[C@@H]2C[C@H](CO)[C@@H](O)[C@@H]2F)cn1S(=O)(=O)c1ccc(C)cc1. The summed E-state index contributed by atoms with van der Waals surface area (Å²) < 4.78 is 42.2. The minimum absolute atomic E-state index is 0.0363. The number of carbonyl (C=O) groups is 1. The third-order valence-electron chi connectivity index (χ3n) is 6.33. The molecule has 0 aliphatic heterocycles. The van der Waals surface area contributed by atoms with Gasteiger partial charge in [0.15, 0.2) is 5.78 Å². The molecule has 9 nitrogen and oxygen atoms in total. The van der Waals surface area contributed by atoms with Gasteiger partial charge in [0.05, 0.1) is 22.6 Å². The molecule has 0 bridgehead atoms. The lowest BCUT2D eigenvalue weighted by atomic mass is 10.1. The fraction of sp³-hybridized carbons (Fsp3) is 0.375. The zero-order chi connectivity index (χ0) is 25.3. The van der Waals surface area contributed by atoms with Gasteiger partial charge in [0.25, 0.3) is 10.0 Å². The van der Waals surface area contributed by atoms with Crippen LogP contribution in [0.5, 0.6) is 0 Å². The van der Waals surface area contributed by atoms with E-state index in [1.54, 1.807) is 19.1 Å². The van der Waals surface area contributed by atoms with Gasteiger partial charge in [-0.25, -0.2) is 26.7 Å². The number of nitrogens with one attached hydrogen (secondary N) is 1. The predicted molar refractivity (Wildman–Crippen MR) is 127 cm³/mol. The summed E-state index contributed by atoms with van der Waals surface area (Å²) in [4.78, 5) is 21.5. The van der Waals surface area contributed by atoms with E-state index in [0.717, 1.165) is 9.54 Å². The highest BCUT2D eigenvalue weighted by Gasteiger charge is 2.43. The van der Waals surface area contributed by atoms with Crippen molar-refractivity contribution < 1.29 is 27.8 Å². The van der Waals surface area contributed by atoms with Crippen LogP contribution in [0.3, 0.4) is 0 Å². The molecule has 1 aliphatic carbocycles. The first-order valence-electron chi connectivity index (χ1n) is 11.2. The molecule has 3 aromatic rings. The molecule has 1 aliphatic rings. The van der Waals surface area contributed by atoms with Crippen molar-refractivity contribution in [1.29, 1.82) is 0 Å². The van der Waals surface area contributed by atoms with Crippen LogP contribution in [-0.2, 0) is 16.4 Å². The van der Waals surface area contributed by atoms with Gasteiger partial charge in [-0.05, 0) is 38.0 Å². The van der Waals surface area contributed by atoms with E-state index >= 15 is 0 Å². The first kappa shape index (κ1) is 25.0. The van der Waals surface area contributed by atoms with Gasteiger partial charge in [-0.15, -0.1) is 0 Å². The van der Waals surface area contributed by atoms with Crippen molar-refractivity contribution in [2.45, 2.75) is 49.9 Å². The molecule has 0 saturated heterocycles. The highest BCUT2D eigenvalue weighted by Crippen LogP contribution is 2.32. The van der Waals surface area contributed by atoms with Gasteiger partial charge in [0, 0.05) is 36.2 Å². The Morgan fingerprint density at radius 1 is 1.29 bits per heavy atom. The highest BCUT2D eigenvalue weighted by molar-refractivity contribution is 7.90. The maximum atomic E-state index is 14.6. The largest absolute Gasteiger partial charge is 0.396 e. The molecule has 1 fully saturated rings. The zero-order valence-corrected chi connectivity index (χ0v) is 20.1. The number of anilines is 1.